The fourth-order valence-electron chi connectivity index (χ4n) is 19.7. The van der Waals surface area contributed by atoms with Crippen molar-refractivity contribution in [1.29, 1.82) is 0 Å². The van der Waals surface area contributed by atoms with E-state index in [1.165, 1.54) is 65.6 Å². The number of terminal acetylenes is 1. The lowest BCUT2D eigenvalue weighted by molar-refractivity contribution is -0.138. The van der Waals surface area contributed by atoms with E-state index in [0.29, 0.717) is 78.5 Å². The van der Waals surface area contributed by atoms with E-state index in [9.17, 15) is 19.2 Å². The molecule has 26 heteroatoms. The summed E-state index contributed by atoms with van der Waals surface area (Å²) < 4.78 is 22.6. The minimum Gasteiger partial charge on any atom is -0.462 e. The van der Waals surface area contributed by atoms with Gasteiger partial charge in [0.2, 0.25) is 0 Å². The Morgan fingerprint density at radius 2 is 0.887 bits per heavy atom. The highest BCUT2D eigenvalue weighted by atomic mass is 79.9. The van der Waals surface area contributed by atoms with Crippen molar-refractivity contribution in [2.24, 2.45) is 40.9 Å². The Balaban J connectivity index is 0.000000127. The molecule has 9 fully saturated rings. The molecule has 15 atom stereocenters. The van der Waals surface area contributed by atoms with Crippen molar-refractivity contribution in [2.75, 3.05) is 13.1 Å². The van der Waals surface area contributed by atoms with E-state index in [4.69, 9.17) is 25.6 Å². The number of aromatic amines is 6. The van der Waals surface area contributed by atoms with Gasteiger partial charge in [-0.25, -0.2) is 44.3 Å². The zero-order valence-corrected chi connectivity index (χ0v) is 80.9. The highest BCUT2D eigenvalue weighted by Crippen LogP contribution is 2.60. The van der Waals surface area contributed by atoms with E-state index >= 15 is 0 Å². The number of nitrogens with one attached hydrogen (secondary N) is 8. The van der Waals surface area contributed by atoms with Gasteiger partial charge in [0.25, 0.3) is 6.47 Å². The number of H-pyrrole nitrogens is 6. The minimum absolute atomic E-state index is 0.0926. The predicted octanol–water partition coefficient (Wildman–Crippen LogP) is 22.1. The monoisotopic (exact) mass is 1850 g/mol. The standard InChI is InChI=1S/C38H44N6O4.C29H29N5.C23H26BrN3O2.C12H15N3.C5H10O2/c1-22-14-31(43(21-22)35(45)47-37(2,3)4)33-40-20-29(42-33)26-12-11-24-15-23(8-10-25(24)16-26)9-13-28-19-39-34(41-28)32-18-27-17-30(27)44(32)36(46)48-38(5,6)7;1-17-2-5-22(10-17)28-31-16-27(34-28)21-8-7-19-11-18(3-6-20(19)12-21)4-9-24-15-30-29(32-24)26-14-23-13-25(23)33-26;1-14-9-20(27(13-14)22(28)29-23(2,3)4)21-25-12-19(26-21)17-6-5-16-11-18(24)8-7-15(16)10-17;1-4-7-6-13-11(14-7)9-5-8-10(15-9)12(8,2)3;1-5(2,3)7-4-6/h8,10-12,15-16,19-20,22,27,30-32H,14,17-18,21H2,1-7H3,(H,39,41)(H,40,42);3,6-8,11-12,15-17,22-23,25-26,33H,2,5,10,13-14H2,1H3,(H,30,32)(H,31,34);5-8,10-12,14,20H,9,13H2,1-4H3,(H,25,26);1,6,8-10,15H,5H2,2-3H3,(H,13,14);4H,1-3H3/t22-,27+,30+,31-,32-;17-,22+,23-,25-,26+;14-,20-;8-,9+,10+;/m0101./s1. The van der Waals surface area contributed by atoms with Crippen LogP contribution in [0.1, 0.15) is 281 Å². The van der Waals surface area contributed by atoms with E-state index in [1.807, 2.05) is 125 Å². The van der Waals surface area contributed by atoms with Crippen LogP contribution in [0.2, 0.25) is 0 Å². The molecule has 0 spiro atoms. The molecule has 0 radical (unpaired) electrons. The quantitative estimate of drug-likeness (QED) is 0.0358. The first-order chi connectivity index (χ1) is 63.3. The highest BCUT2D eigenvalue weighted by molar-refractivity contribution is 9.10. The number of nitrogens with zero attached hydrogens (tertiary/aromatic N) is 9. The van der Waals surface area contributed by atoms with Crippen molar-refractivity contribution >= 4 is 73.0 Å². The van der Waals surface area contributed by atoms with Crippen LogP contribution in [0.5, 0.6) is 0 Å². The molecule has 6 aromatic carbocycles. The molecule has 4 saturated carbocycles. The van der Waals surface area contributed by atoms with Gasteiger partial charge in [0.05, 0.1) is 84.5 Å². The van der Waals surface area contributed by atoms with Crippen LogP contribution in [0.15, 0.2) is 151 Å². The number of fused-ring (bicyclic) bond motifs is 6. The lowest BCUT2D eigenvalue weighted by Crippen LogP contribution is -2.38. The van der Waals surface area contributed by atoms with E-state index in [-0.39, 0.29) is 48.0 Å². The fourth-order valence-corrected chi connectivity index (χ4v) is 20.1. The van der Waals surface area contributed by atoms with Gasteiger partial charge in [-0.1, -0.05) is 123 Å². The Hall–Kier alpha value is -12.3. The second-order valence-electron chi connectivity index (χ2n) is 42.5. The van der Waals surface area contributed by atoms with Crippen LogP contribution < -0.4 is 10.6 Å². The molecule has 11 heterocycles. The summed E-state index contributed by atoms with van der Waals surface area (Å²) in [4.78, 5) is 102. The molecular formula is C107H124BrN17O8. The molecule has 25 nitrogen and oxygen atoms in total. The minimum atomic E-state index is -0.552. The average Bonchev–Trinajstić information content (AvgIpc) is 1.96. The largest absolute Gasteiger partial charge is 0.462 e. The van der Waals surface area contributed by atoms with Crippen LogP contribution in [-0.4, -0.2) is 153 Å². The Bertz CT molecular complexity index is 6460. The summed E-state index contributed by atoms with van der Waals surface area (Å²) >= 11 is 3.52. The number of aromatic nitrogens is 12. The zero-order valence-electron chi connectivity index (χ0n) is 79.3. The van der Waals surface area contributed by atoms with Crippen LogP contribution >= 0.6 is 15.9 Å². The van der Waals surface area contributed by atoms with Gasteiger partial charge < -0.3 is 59.5 Å². The van der Waals surface area contributed by atoms with Crippen molar-refractivity contribution in [1.82, 2.24) is 85.1 Å². The van der Waals surface area contributed by atoms with Crippen LogP contribution in [0.4, 0.5) is 14.4 Å². The number of carbonyl (C=O) groups excluding carboxylic acids is 4. The van der Waals surface area contributed by atoms with Gasteiger partial charge in [0, 0.05) is 69.4 Å². The van der Waals surface area contributed by atoms with Crippen molar-refractivity contribution in [3.63, 3.8) is 0 Å². The molecule has 692 valence electrons. The average molecular weight is 1860 g/mol. The van der Waals surface area contributed by atoms with Gasteiger partial charge in [-0.15, -0.1) is 6.42 Å². The summed E-state index contributed by atoms with van der Waals surface area (Å²) in [5.41, 5.74) is 9.05. The SMILES string of the molecule is C#Cc1cnc([C@@H]2C[C@@H]3[C@H](N2)C3(C)C)[nH]1.CC(C)(C)OC=O.C[C@@H]1CC[C@H](c2ncc(-c3ccc4cc(C#Cc5cnc([C@@H]6C[C@H]7C[C@H]7N6)[nH]5)ccc4c3)[nH]2)C1.C[C@H]1C[C@@H](c2ncc(-c3ccc4cc(Br)ccc4c3)[nH]2)N(C(=O)OC(C)(C)C)C1.C[C@H]1C[C@@H](c2ncc(-c3ccc4cc(C#Cc5cnc([C@@H]6C[C@H]7C[C@H]7N6C(=O)OC(C)(C)C)[nH]5)ccc4c3)[nH]2)N(C(=O)OC(C)(C)C)C1. The van der Waals surface area contributed by atoms with Crippen LogP contribution in [0.3, 0.4) is 0 Å². The summed E-state index contributed by atoms with van der Waals surface area (Å²) in [6.45, 7) is 35.5. The Labute approximate surface area is 787 Å². The van der Waals surface area contributed by atoms with Gasteiger partial charge in [-0.3, -0.25) is 19.5 Å². The second kappa shape index (κ2) is 37.3. The molecule has 3 amide bonds. The van der Waals surface area contributed by atoms with Crippen molar-refractivity contribution in [3.05, 3.63) is 214 Å². The van der Waals surface area contributed by atoms with Gasteiger partial charge >= 0.3 is 18.3 Å². The van der Waals surface area contributed by atoms with E-state index in [2.05, 4.69) is 247 Å². The Morgan fingerprint density at radius 1 is 0.444 bits per heavy atom. The van der Waals surface area contributed by atoms with Crippen LogP contribution in [0, 0.1) is 76.9 Å². The van der Waals surface area contributed by atoms with Crippen LogP contribution in [-0.2, 0) is 23.7 Å². The third-order valence-corrected chi connectivity index (χ3v) is 27.2. The van der Waals surface area contributed by atoms with Gasteiger partial charge in [0.15, 0.2) is 0 Å². The summed E-state index contributed by atoms with van der Waals surface area (Å²) in [7, 11) is 0. The molecule has 21 rings (SSSR count). The molecule has 9 aliphatic rings. The third-order valence-electron chi connectivity index (χ3n) is 26.7. The number of rotatable bonds is 10. The molecule has 12 aromatic rings. The van der Waals surface area contributed by atoms with Gasteiger partial charge in [0.1, 0.15) is 74.4 Å². The predicted molar refractivity (Wildman–Crippen MR) is 521 cm³/mol. The van der Waals surface area contributed by atoms with Gasteiger partial charge in [-0.05, 0) is 287 Å². The van der Waals surface area contributed by atoms with Gasteiger partial charge in [-0.2, -0.15) is 0 Å². The van der Waals surface area contributed by atoms with Crippen molar-refractivity contribution < 1.29 is 38.1 Å². The van der Waals surface area contributed by atoms with Crippen LogP contribution in [0.25, 0.3) is 66.1 Å². The van der Waals surface area contributed by atoms with E-state index in [0.717, 1.165) is 144 Å². The van der Waals surface area contributed by atoms with E-state index < -0.39 is 16.8 Å². The highest BCUT2D eigenvalue weighted by Gasteiger charge is 2.63. The number of halogens is 1. The molecular weight excluding hydrogens is 1730 g/mol. The molecule has 0 unspecified atom stereocenters. The molecule has 133 heavy (non-hydrogen) atoms. The smallest absolute Gasteiger partial charge is 0.411 e. The Morgan fingerprint density at radius 3 is 1.35 bits per heavy atom. The normalized spacial score (nSPS) is 24.4. The lowest BCUT2D eigenvalue weighted by atomic mass is 10.0. The first kappa shape index (κ1) is 92.6. The number of hydrogen-bond acceptors (Lipinski definition) is 16. The molecule has 4 aliphatic carbocycles. The summed E-state index contributed by atoms with van der Waals surface area (Å²) in [6.07, 6.45) is 26.6. The number of piperidine rings is 3. The molecule has 0 bridgehead atoms. The first-order valence-electron chi connectivity index (χ1n) is 47.0. The number of amides is 3. The summed E-state index contributed by atoms with van der Waals surface area (Å²) in [5, 5.41) is 14.2. The second-order valence-corrected chi connectivity index (χ2v) is 43.5. The summed E-state index contributed by atoms with van der Waals surface area (Å²) in [6, 6.07) is 40.1. The van der Waals surface area contributed by atoms with Crippen molar-refractivity contribution in [3.8, 4) is 69.8 Å². The zero-order chi connectivity index (χ0) is 93.9. The first-order valence-corrected chi connectivity index (χ1v) is 47.8. The number of ether oxygens (including phenoxy) is 4. The maximum Gasteiger partial charge on any atom is 0.411 e. The number of hydrogen-bond donors (Lipinski definition) is 8. The maximum atomic E-state index is 13.0. The number of benzene rings is 6. The number of carbonyl (C=O) groups is 4. The Kier molecular flexibility index (Phi) is 26.0. The fraction of sp³-hybridized carbons (Fsp3) is 0.458. The molecule has 6 aromatic heterocycles. The summed E-state index contributed by atoms with van der Waals surface area (Å²) in [5.74, 6) is 25.4. The van der Waals surface area contributed by atoms with E-state index in [1.54, 1.807) is 22.2 Å². The van der Waals surface area contributed by atoms with Crippen molar-refractivity contribution in [2.45, 2.75) is 259 Å². The molecule has 8 N–H and O–H groups in total. The third kappa shape index (κ3) is 22.1. The molecule has 5 aliphatic heterocycles. The maximum absolute atomic E-state index is 13.0. The molecule has 5 saturated heterocycles. The lowest BCUT2D eigenvalue weighted by Gasteiger charge is -2.29. The number of likely N-dealkylation sites (tertiary alicyclic amines) is 3. The number of imidazole rings is 6. The topological polar surface area (TPSA) is 311 Å².